The molecule has 0 unspecified atom stereocenters. The van der Waals surface area contributed by atoms with Gasteiger partial charge in [-0.15, -0.1) is 0 Å². The van der Waals surface area contributed by atoms with E-state index >= 15 is 0 Å². The van der Waals surface area contributed by atoms with Crippen molar-refractivity contribution in [3.05, 3.63) is 64.4 Å². The summed E-state index contributed by atoms with van der Waals surface area (Å²) < 4.78 is 14.2. The first-order chi connectivity index (χ1) is 9.97. The average molecular weight is 350 g/mol. The predicted molar refractivity (Wildman–Crippen MR) is 85.3 cm³/mol. The first-order valence-electron chi connectivity index (χ1n) is 6.17. The summed E-state index contributed by atoms with van der Waals surface area (Å²) in [5.41, 5.74) is 2.18. The summed E-state index contributed by atoms with van der Waals surface area (Å²) in [7, 11) is 1.80. The maximum atomic E-state index is 13.3. The Morgan fingerprint density at radius 2 is 2.05 bits per heavy atom. The lowest BCUT2D eigenvalue weighted by Crippen LogP contribution is -2.11. The topological polar surface area (TPSA) is 40.5 Å². The summed E-state index contributed by atoms with van der Waals surface area (Å²) in [5.74, 6) is -1.34. The third-order valence-electron chi connectivity index (χ3n) is 2.95. The van der Waals surface area contributed by atoms with E-state index in [1.807, 2.05) is 12.1 Å². The Morgan fingerprint density at radius 1 is 1.29 bits per heavy atom. The van der Waals surface area contributed by atoms with Crippen molar-refractivity contribution in [2.75, 3.05) is 11.9 Å². The second-order valence-electron chi connectivity index (χ2n) is 4.41. The number of nitrogens with zero attached hydrogens (tertiary/aromatic N) is 1. The van der Waals surface area contributed by atoms with E-state index in [2.05, 4.69) is 15.9 Å². The SMILES string of the molecule is CN(c1cccc(F)c1)c1cc(Br)ccc1C=CC(=O)O. The number of carbonyl (C=O) groups is 1. The zero-order valence-corrected chi connectivity index (χ0v) is 12.8. The quantitative estimate of drug-likeness (QED) is 0.828. The molecule has 3 nitrogen and oxygen atoms in total. The van der Waals surface area contributed by atoms with Crippen LogP contribution in [0.1, 0.15) is 5.56 Å². The van der Waals surface area contributed by atoms with Gasteiger partial charge < -0.3 is 10.0 Å². The molecule has 0 spiro atoms. The lowest BCUT2D eigenvalue weighted by Gasteiger charge is -2.22. The van der Waals surface area contributed by atoms with Gasteiger partial charge in [0.25, 0.3) is 0 Å². The van der Waals surface area contributed by atoms with Gasteiger partial charge >= 0.3 is 5.97 Å². The molecule has 0 aliphatic rings. The Bertz CT molecular complexity index is 700. The van der Waals surface area contributed by atoms with Crippen molar-refractivity contribution in [1.29, 1.82) is 0 Å². The zero-order valence-electron chi connectivity index (χ0n) is 11.3. The molecular formula is C16H13BrFNO2. The van der Waals surface area contributed by atoms with E-state index in [0.29, 0.717) is 5.69 Å². The van der Waals surface area contributed by atoms with Crippen LogP contribution < -0.4 is 4.90 Å². The molecule has 0 amide bonds. The van der Waals surface area contributed by atoms with Gasteiger partial charge in [0.05, 0.1) is 0 Å². The third-order valence-corrected chi connectivity index (χ3v) is 3.45. The summed E-state index contributed by atoms with van der Waals surface area (Å²) in [6.07, 6.45) is 2.59. The molecule has 0 heterocycles. The average Bonchev–Trinajstić information content (AvgIpc) is 2.45. The number of anilines is 2. The maximum absolute atomic E-state index is 13.3. The van der Waals surface area contributed by atoms with Gasteiger partial charge in [-0.05, 0) is 42.0 Å². The largest absolute Gasteiger partial charge is 0.478 e. The second-order valence-corrected chi connectivity index (χ2v) is 5.33. The van der Waals surface area contributed by atoms with Crippen LogP contribution in [0, 0.1) is 5.82 Å². The maximum Gasteiger partial charge on any atom is 0.328 e. The lowest BCUT2D eigenvalue weighted by atomic mass is 10.1. The number of hydrogen-bond donors (Lipinski definition) is 1. The molecule has 108 valence electrons. The van der Waals surface area contributed by atoms with Gasteiger partial charge in [-0.25, -0.2) is 9.18 Å². The van der Waals surface area contributed by atoms with E-state index in [0.717, 1.165) is 21.8 Å². The van der Waals surface area contributed by atoms with E-state index in [1.165, 1.54) is 18.2 Å². The molecule has 0 radical (unpaired) electrons. The molecule has 0 bridgehead atoms. The van der Waals surface area contributed by atoms with Gasteiger partial charge in [-0.3, -0.25) is 0 Å². The summed E-state index contributed by atoms with van der Waals surface area (Å²) in [6, 6.07) is 11.7. The van der Waals surface area contributed by atoms with Crippen LogP contribution in [0.25, 0.3) is 6.08 Å². The van der Waals surface area contributed by atoms with E-state index in [4.69, 9.17) is 5.11 Å². The van der Waals surface area contributed by atoms with Gasteiger partial charge in [0.1, 0.15) is 5.82 Å². The Labute approximate surface area is 130 Å². The van der Waals surface area contributed by atoms with Crippen LogP contribution in [-0.2, 0) is 4.79 Å². The van der Waals surface area contributed by atoms with Crippen molar-refractivity contribution in [2.24, 2.45) is 0 Å². The minimum absolute atomic E-state index is 0.322. The summed E-state index contributed by atoms with van der Waals surface area (Å²) >= 11 is 3.39. The van der Waals surface area contributed by atoms with Crippen LogP contribution in [-0.4, -0.2) is 18.1 Å². The predicted octanol–water partition coefficient (Wildman–Crippen LogP) is 4.45. The Balaban J connectivity index is 2.46. The van der Waals surface area contributed by atoms with E-state index < -0.39 is 5.97 Å². The minimum Gasteiger partial charge on any atom is -0.478 e. The highest BCUT2D eigenvalue weighted by Gasteiger charge is 2.09. The number of benzene rings is 2. The molecule has 21 heavy (non-hydrogen) atoms. The third kappa shape index (κ3) is 3.92. The highest BCUT2D eigenvalue weighted by Crippen LogP contribution is 2.31. The first-order valence-corrected chi connectivity index (χ1v) is 6.96. The molecule has 2 aromatic carbocycles. The van der Waals surface area contributed by atoms with Gasteiger partial charge in [0.15, 0.2) is 0 Å². The molecule has 0 aliphatic carbocycles. The number of carboxylic acid groups (broad SMARTS) is 1. The van der Waals surface area contributed by atoms with Crippen molar-refractivity contribution >= 4 is 39.4 Å². The van der Waals surface area contributed by atoms with E-state index in [-0.39, 0.29) is 5.82 Å². The number of halogens is 2. The van der Waals surface area contributed by atoms with Crippen molar-refractivity contribution in [3.63, 3.8) is 0 Å². The first kappa shape index (κ1) is 15.3. The molecule has 0 aliphatic heterocycles. The molecule has 1 N–H and O–H groups in total. The minimum atomic E-state index is -1.02. The van der Waals surface area contributed by atoms with E-state index in [1.54, 1.807) is 30.1 Å². The molecule has 0 atom stereocenters. The molecule has 0 saturated carbocycles. The molecular weight excluding hydrogens is 337 g/mol. The van der Waals surface area contributed by atoms with Gasteiger partial charge in [0, 0.05) is 29.0 Å². The summed E-state index contributed by atoms with van der Waals surface area (Å²) in [5, 5.41) is 8.75. The van der Waals surface area contributed by atoms with Crippen LogP contribution in [0.15, 0.2) is 53.0 Å². The Hall–Kier alpha value is -2.14. The van der Waals surface area contributed by atoms with Crippen molar-refractivity contribution in [1.82, 2.24) is 0 Å². The molecule has 2 rings (SSSR count). The summed E-state index contributed by atoms with van der Waals surface area (Å²) in [6.45, 7) is 0. The standard InChI is InChI=1S/C16H13BrFNO2/c1-19(14-4-2-3-13(18)10-14)15-9-12(17)7-5-11(15)6-8-16(20)21/h2-10H,1H3,(H,20,21). The number of aliphatic carboxylic acids is 1. The van der Waals surface area contributed by atoms with Crippen LogP contribution in [0.2, 0.25) is 0 Å². The van der Waals surface area contributed by atoms with Gasteiger partial charge in [-0.1, -0.05) is 28.1 Å². The normalized spacial score (nSPS) is 10.8. The van der Waals surface area contributed by atoms with Crippen LogP contribution in [0.3, 0.4) is 0 Å². The Kier molecular flexibility index (Phi) is 4.75. The van der Waals surface area contributed by atoms with Crippen molar-refractivity contribution < 1.29 is 14.3 Å². The number of rotatable bonds is 4. The summed E-state index contributed by atoms with van der Waals surface area (Å²) in [4.78, 5) is 12.5. The molecule has 5 heteroatoms. The van der Waals surface area contributed by atoms with Crippen LogP contribution in [0.5, 0.6) is 0 Å². The van der Waals surface area contributed by atoms with Crippen LogP contribution in [0.4, 0.5) is 15.8 Å². The molecule has 2 aromatic rings. The highest BCUT2D eigenvalue weighted by atomic mass is 79.9. The number of carboxylic acids is 1. The lowest BCUT2D eigenvalue weighted by molar-refractivity contribution is -0.131. The second kappa shape index (κ2) is 6.54. The Morgan fingerprint density at radius 3 is 2.71 bits per heavy atom. The zero-order chi connectivity index (χ0) is 15.4. The van der Waals surface area contributed by atoms with E-state index in [9.17, 15) is 9.18 Å². The van der Waals surface area contributed by atoms with Crippen LogP contribution >= 0.6 is 15.9 Å². The smallest absolute Gasteiger partial charge is 0.328 e. The van der Waals surface area contributed by atoms with Gasteiger partial charge in [0.2, 0.25) is 0 Å². The monoisotopic (exact) mass is 349 g/mol. The van der Waals surface area contributed by atoms with Crippen molar-refractivity contribution in [2.45, 2.75) is 0 Å². The molecule has 0 saturated heterocycles. The highest BCUT2D eigenvalue weighted by molar-refractivity contribution is 9.10. The molecule has 0 fully saturated rings. The fourth-order valence-corrected chi connectivity index (χ4v) is 2.28. The number of hydrogen-bond acceptors (Lipinski definition) is 2. The van der Waals surface area contributed by atoms with Gasteiger partial charge in [-0.2, -0.15) is 0 Å². The molecule has 0 aromatic heterocycles. The fourth-order valence-electron chi connectivity index (χ4n) is 1.93. The van der Waals surface area contributed by atoms with Crippen molar-refractivity contribution in [3.8, 4) is 0 Å². The fraction of sp³-hybridized carbons (Fsp3) is 0.0625.